The predicted octanol–water partition coefficient (Wildman–Crippen LogP) is -0.112. The lowest BCUT2D eigenvalue weighted by atomic mass is 10.1. The van der Waals surface area contributed by atoms with Gasteiger partial charge in [-0.3, -0.25) is 4.57 Å². The molecule has 8 nitrogen and oxygen atoms in total. The van der Waals surface area contributed by atoms with E-state index in [1.165, 1.54) is 22.9 Å². The van der Waals surface area contributed by atoms with Crippen LogP contribution in [0.4, 0.5) is 0 Å². The van der Waals surface area contributed by atoms with Gasteiger partial charge in [0.05, 0.1) is 0 Å². The third-order valence-electron chi connectivity index (χ3n) is 2.60. The van der Waals surface area contributed by atoms with Crippen LogP contribution in [0.5, 0.6) is 0 Å². The SMILES string of the molecule is O=C(O)C(O)Cc1cn2cc(P(=O)(O)O)nc2cc1Br. The number of carboxylic acids is 1. The van der Waals surface area contributed by atoms with Gasteiger partial charge in [0.1, 0.15) is 5.65 Å². The summed E-state index contributed by atoms with van der Waals surface area (Å²) in [4.78, 5) is 32.5. The van der Waals surface area contributed by atoms with Crippen molar-refractivity contribution in [3.63, 3.8) is 0 Å². The second-order valence-electron chi connectivity index (χ2n) is 4.11. The maximum atomic E-state index is 11.1. The first-order chi connectivity index (χ1) is 9.18. The molecule has 0 saturated carbocycles. The van der Waals surface area contributed by atoms with E-state index in [4.69, 9.17) is 14.9 Å². The van der Waals surface area contributed by atoms with E-state index in [-0.39, 0.29) is 11.9 Å². The van der Waals surface area contributed by atoms with E-state index in [0.717, 1.165) is 0 Å². The Morgan fingerprint density at radius 2 is 2.10 bits per heavy atom. The first-order valence-corrected chi connectivity index (χ1v) is 7.73. The lowest BCUT2D eigenvalue weighted by Gasteiger charge is -2.08. The normalized spacial score (nSPS) is 13.6. The molecule has 0 bridgehead atoms. The van der Waals surface area contributed by atoms with E-state index >= 15 is 0 Å². The van der Waals surface area contributed by atoms with Gasteiger partial charge in [0, 0.05) is 23.3 Å². The fourth-order valence-electron chi connectivity index (χ4n) is 1.63. The number of carboxylic acid groups (broad SMARTS) is 1. The van der Waals surface area contributed by atoms with Crippen molar-refractivity contribution in [2.75, 3.05) is 0 Å². The van der Waals surface area contributed by atoms with Gasteiger partial charge in [0.25, 0.3) is 0 Å². The Hall–Kier alpha value is -1.25. The summed E-state index contributed by atoms with van der Waals surface area (Å²) in [5.74, 6) is -1.35. The van der Waals surface area contributed by atoms with Gasteiger partial charge in [-0.15, -0.1) is 0 Å². The van der Waals surface area contributed by atoms with E-state index in [9.17, 15) is 14.5 Å². The molecule has 108 valence electrons. The number of pyridine rings is 1. The molecule has 0 aliphatic rings. The first-order valence-electron chi connectivity index (χ1n) is 5.32. The van der Waals surface area contributed by atoms with Crippen molar-refractivity contribution >= 4 is 40.6 Å². The summed E-state index contributed by atoms with van der Waals surface area (Å²) < 4.78 is 13.0. The lowest BCUT2D eigenvalue weighted by Crippen LogP contribution is -2.22. The molecule has 2 aromatic heterocycles. The highest BCUT2D eigenvalue weighted by molar-refractivity contribution is 9.10. The number of aromatic nitrogens is 2. The number of aliphatic hydroxyl groups excluding tert-OH is 1. The van der Waals surface area contributed by atoms with Crippen molar-refractivity contribution in [2.24, 2.45) is 0 Å². The van der Waals surface area contributed by atoms with Crippen molar-refractivity contribution in [2.45, 2.75) is 12.5 Å². The van der Waals surface area contributed by atoms with E-state index in [2.05, 4.69) is 20.9 Å². The third-order valence-corrected chi connectivity index (χ3v) is 4.15. The highest BCUT2D eigenvalue weighted by atomic mass is 79.9. The van der Waals surface area contributed by atoms with E-state index in [1.54, 1.807) is 0 Å². The highest BCUT2D eigenvalue weighted by Crippen LogP contribution is 2.32. The molecule has 20 heavy (non-hydrogen) atoms. The molecular formula is C10H10BrN2O6P. The lowest BCUT2D eigenvalue weighted by molar-refractivity contribution is -0.146. The summed E-state index contributed by atoms with van der Waals surface area (Å²) in [7, 11) is -4.45. The van der Waals surface area contributed by atoms with Gasteiger partial charge in [-0.2, -0.15) is 0 Å². The molecule has 2 aromatic rings. The Bertz CT molecular complexity index is 724. The highest BCUT2D eigenvalue weighted by Gasteiger charge is 2.22. The maximum Gasteiger partial charge on any atom is 0.376 e. The number of fused-ring (bicyclic) bond motifs is 1. The average Bonchev–Trinajstić information content (AvgIpc) is 2.71. The summed E-state index contributed by atoms with van der Waals surface area (Å²) in [6.07, 6.45) is 0.917. The van der Waals surface area contributed by atoms with Crippen LogP contribution in [-0.4, -0.2) is 41.5 Å². The van der Waals surface area contributed by atoms with Gasteiger partial charge in [-0.25, -0.2) is 9.78 Å². The molecule has 0 amide bonds. The fourth-order valence-corrected chi connectivity index (χ4v) is 2.60. The minimum absolute atomic E-state index is 0.144. The quantitative estimate of drug-likeness (QED) is 0.556. The van der Waals surface area contributed by atoms with Crippen LogP contribution in [0.25, 0.3) is 5.65 Å². The standard InChI is InChI=1S/C10H10BrN2O6P/c11-6-2-8-12-9(20(17,18)19)4-13(8)3-5(6)1-7(14)10(15)16/h2-4,7,14H,1H2,(H,15,16)(H2,17,18,19). The van der Waals surface area contributed by atoms with Crippen molar-refractivity contribution in [3.05, 3.63) is 28.5 Å². The number of halogens is 1. The molecule has 10 heteroatoms. The number of rotatable bonds is 4. The maximum absolute atomic E-state index is 11.1. The Morgan fingerprint density at radius 1 is 1.45 bits per heavy atom. The molecule has 2 rings (SSSR count). The van der Waals surface area contributed by atoms with Crippen LogP contribution >= 0.6 is 23.5 Å². The second kappa shape index (κ2) is 5.27. The molecule has 4 N–H and O–H groups in total. The minimum Gasteiger partial charge on any atom is -0.479 e. The molecule has 0 saturated heterocycles. The number of imidazole rings is 1. The fraction of sp³-hybridized carbons (Fsp3) is 0.200. The zero-order chi connectivity index (χ0) is 15.1. The number of aliphatic hydroxyl groups is 1. The number of hydrogen-bond acceptors (Lipinski definition) is 4. The van der Waals surface area contributed by atoms with Crippen LogP contribution in [-0.2, 0) is 15.8 Å². The Morgan fingerprint density at radius 3 is 2.65 bits per heavy atom. The molecule has 0 aliphatic heterocycles. The molecule has 0 fully saturated rings. The largest absolute Gasteiger partial charge is 0.479 e. The molecule has 0 radical (unpaired) electrons. The molecule has 0 aliphatic carbocycles. The Balaban J connectivity index is 2.46. The van der Waals surface area contributed by atoms with E-state index in [0.29, 0.717) is 15.7 Å². The summed E-state index contributed by atoms with van der Waals surface area (Å²) in [6.45, 7) is 0. The van der Waals surface area contributed by atoms with E-state index < -0.39 is 19.7 Å². The van der Waals surface area contributed by atoms with Crippen molar-refractivity contribution in [1.29, 1.82) is 0 Å². The number of aliphatic carboxylic acids is 1. The van der Waals surface area contributed by atoms with Gasteiger partial charge >= 0.3 is 13.6 Å². The zero-order valence-corrected chi connectivity index (χ0v) is 12.3. The van der Waals surface area contributed by atoms with Crippen molar-refractivity contribution < 1.29 is 29.4 Å². The molecule has 0 spiro atoms. The smallest absolute Gasteiger partial charge is 0.376 e. The minimum atomic E-state index is -4.45. The summed E-state index contributed by atoms with van der Waals surface area (Å²) in [5.41, 5.74) is 0.395. The van der Waals surface area contributed by atoms with Crippen LogP contribution in [0.15, 0.2) is 22.9 Å². The number of nitrogens with zero attached hydrogens (tertiary/aromatic N) is 2. The Labute approximate surface area is 121 Å². The molecule has 1 atom stereocenters. The summed E-state index contributed by atoms with van der Waals surface area (Å²) >= 11 is 3.20. The van der Waals surface area contributed by atoms with Crippen LogP contribution in [0, 0.1) is 0 Å². The van der Waals surface area contributed by atoms with Crippen molar-refractivity contribution in [1.82, 2.24) is 9.38 Å². The summed E-state index contributed by atoms with van der Waals surface area (Å²) in [6, 6.07) is 1.49. The first kappa shape index (κ1) is 15.1. The van der Waals surface area contributed by atoms with Gasteiger partial charge in [-0.1, -0.05) is 15.9 Å². The molecule has 0 aromatic carbocycles. The Kier molecular flexibility index (Phi) is 3.99. The molecular weight excluding hydrogens is 355 g/mol. The second-order valence-corrected chi connectivity index (χ2v) is 6.51. The van der Waals surface area contributed by atoms with Crippen LogP contribution in [0.2, 0.25) is 0 Å². The van der Waals surface area contributed by atoms with Crippen molar-refractivity contribution in [3.8, 4) is 0 Å². The van der Waals surface area contributed by atoms with E-state index in [1.807, 2.05) is 0 Å². The molecule has 1 unspecified atom stereocenters. The zero-order valence-electron chi connectivity index (χ0n) is 9.84. The van der Waals surface area contributed by atoms with Gasteiger partial charge in [0.2, 0.25) is 0 Å². The number of hydrogen-bond donors (Lipinski definition) is 4. The molecule has 2 heterocycles. The third kappa shape index (κ3) is 3.08. The van der Waals surface area contributed by atoms with Crippen LogP contribution in [0.1, 0.15) is 5.56 Å². The van der Waals surface area contributed by atoms with Crippen LogP contribution in [0.3, 0.4) is 0 Å². The monoisotopic (exact) mass is 364 g/mol. The average molecular weight is 365 g/mol. The van der Waals surface area contributed by atoms with Gasteiger partial charge in [0.15, 0.2) is 11.5 Å². The number of carbonyl (C=O) groups is 1. The summed E-state index contributed by atoms with van der Waals surface area (Å²) in [5, 5.41) is 18.0. The van der Waals surface area contributed by atoms with Gasteiger partial charge < -0.3 is 24.4 Å². The van der Waals surface area contributed by atoms with Crippen LogP contribution < -0.4 is 5.44 Å². The predicted molar refractivity (Wildman–Crippen MR) is 71.9 cm³/mol. The van der Waals surface area contributed by atoms with Gasteiger partial charge in [-0.05, 0) is 11.6 Å². The topological polar surface area (TPSA) is 132 Å².